The summed E-state index contributed by atoms with van der Waals surface area (Å²) in [6.07, 6.45) is 22.9. The molecule has 0 aromatic heterocycles. The first-order chi connectivity index (χ1) is 12.2. The molecule has 0 heterocycles. The van der Waals surface area contributed by atoms with Crippen molar-refractivity contribution >= 4 is 0 Å². The summed E-state index contributed by atoms with van der Waals surface area (Å²) in [5, 5.41) is 0. The molecule has 0 spiro atoms. The van der Waals surface area contributed by atoms with Crippen LogP contribution in [0.5, 0.6) is 0 Å². The third-order valence-corrected chi connectivity index (χ3v) is 5.94. The molecule has 160 valence electrons. The standard InChI is InChI=1S/C24H52N.BrH/c1-5-9-13-14-15-16-17-18-19-20-24-25(21-10-6-2,22-11-7-3)23-12-8-4;/h5-24H2,1-4H3;1H/q+1;/p-1. The highest BCUT2D eigenvalue weighted by atomic mass is 79.9. The van der Waals surface area contributed by atoms with Crippen LogP contribution in [0.25, 0.3) is 0 Å². The van der Waals surface area contributed by atoms with E-state index in [9.17, 15) is 0 Å². The van der Waals surface area contributed by atoms with Crippen LogP contribution in [0.1, 0.15) is 130 Å². The van der Waals surface area contributed by atoms with Gasteiger partial charge in [-0.3, -0.25) is 0 Å². The second kappa shape index (κ2) is 21.7. The van der Waals surface area contributed by atoms with Crippen molar-refractivity contribution in [3.63, 3.8) is 0 Å². The van der Waals surface area contributed by atoms with Crippen LogP contribution in [0.15, 0.2) is 0 Å². The second-order valence-electron chi connectivity index (χ2n) is 8.48. The number of hydrogen-bond donors (Lipinski definition) is 0. The Morgan fingerprint density at radius 2 is 0.615 bits per heavy atom. The number of rotatable bonds is 20. The number of nitrogens with zero attached hydrogens (tertiary/aromatic N) is 1. The van der Waals surface area contributed by atoms with Gasteiger partial charge in [0.1, 0.15) is 0 Å². The van der Waals surface area contributed by atoms with Gasteiger partial charge < -0.3 is 21.5 Å². The molecule has 1 nitrogen and oxygen atoms in total. The summed E-state index contributed by atoms with van der Waals surface area (Å²) >= 11 is 0. The van der Waals surface area contributed by atoms with E-state index < -0.39 is 0 Å². The monoisotopic (exact) mass is 433 g/mol. The highest BCUT2D eigenvalue weighted by Gasteiger charge is 2.24. The van der Waals surface area contributed by atoms with Crippen molar-refractivity contribution < 1.29 is 21.5 Å². The van der Waals surface area contributed by atoms with Crippen LogP contribution in [-0.2, 0) is 0 Å². The topological polar surface area (TPSA) is 0 Å². The lowest BCUT2D eigenvalue weighted by atomic mass is 10.1. The average Bonchev–Trinajstić information content (AvgIpc) is 2.64. The Balaban J connectivity index is 0. The molecule has 0 radical (unpaired) electrons. The summed E-state index contributed by atoms with van der Waals surface area (Å²) < 4.78 is 1.44. The molecule has 0 rings (SSSR count). The SMILES string of the molecule is CCCCCCCCCCCC[N+](CCCC)(CCCC)CCCC.[Br-]. The van der Waals surface area contributed by atoms with E-state index in [2.05, 4.69) is 27.7 Å². The van der Waals surface area contributed by atoms with Gasteiger partial charge in [0.2, 0.25) is 0 Å². The summed E-state index contributed by atoms with van der Waals surface area (Å²) in [7, 11) is 0. The molecule has 0 aliphatic rings. The quantitative estimate of drug-likeness (QED) is 0.184. The van der Waals surface area contributed by atoms with E-state index in [1.165, 1.54) is 133 Å². The largest absolute Gasteiger partial charge is 1.00 e. The molecule has 0 fully saturated rings. The van der Waals surface area contributed by atoms with Crippen molar-refractivity contribution in [1.29, 1.82) is 0 Å². The molecule has 0 aliphatic heterocycles. The van der Waals surface area contributed by atoms with E-state index in [0.29, 0.717) is 0 Å². The van der Waals surface area contributed by atoms with Crippen molar-refractivity contribution in [2.24, 2.45) is 0 Å². The van der Waals surface area contributed by atoms with Gasteiger partial charge in [-0.05, 0) is 32.1 Å². The highest BCUT2D eigenvalue weighted by molar-refractivity contribution is 4.52. The molecular formula is C24H52BrN. The normalized spacial score (nSPS) is 11.5. The maximum Gasteiger partial charge on any atom is 0.0786 e. The molecular weight excluding hydrogens is 382 g/mol. The molecule has 0 bridgehead atoms. The van der Waals surface area contributed by atoms with Crippen LogP contribution >= 0.6 is 0 Å². The summed E-state index contributed by atoms with van der Waals surface area (Å²) in [6, 6.07) is 0. The van der Waals surface area contributed by atoms with Crippen LogP contribution in [0.4, 0.5) is 0 Å². The fourth-order valence-electron chi connectivity index (χ4n) is 4.09. The van der Waals surface area contributed by atoms with Crippen LogP contribution in [0.2, 0.25) is 0 Å². The van der Waals surface area contributed by atoms with Gasteiger partial charge in [-0.1, -0.05) is 98.3 Å². The minimum Gasteiger partial charge on any atom is -1.00 e. The van der Waals surface area contributed by atoms with Crippen molar-refractivity contribution in [3.05, 3.63) is 0 Å². The zero-order valence-corrected chi connectivity index (χ0v) is 20.6. The maximum atomic E-state index is 2.36. The Hall–Kier alpha value is 0.440. The molecule has 0 aromatic carbocycles. The lowest BCUT2D eigenvalue weighted by Gasteiger charge is -2.39. The number of unbranched alkanes of at least 4 members (excludes halogenated alkanes) is 12. The van der Waals surface area contributed by atoms with Crippen molar-refractivity contribution in [2.75, 3.05) is 26.2 Å². The van der Waals surface area contributed by atoms with E-state index in [0.717, 1.165) is 0 Å². The third kappa shape index (κ3) is 16.6. The van der Waals surface area contributed by atoms with Gasteiger partial charge in [0.25, 0.3) is 0 Å². The van der Waals surface area contributed by atoms with Gasteiger partial charge in [0.15, 0.2) is 0 Å². The van der Waals surface area contributed by atoms with Gasteiger partial charge in [-0.2, -0.15) is 0 Å². The van der Waals surface area contributed by atoms with Gasteiger partial charge in [0, 0.05) is 0 Å². The minimum atomic E-state index is 0. The average molecular weight is 435 g/mol. The number of quaternary nitrogens is 1. The molecule has 0 atom stereocenters. The molecule has 26 heavy (non-hydrogen) atoms. The first-order valence-corrected chi connectivity index (χ1v) is 12.1. The van der Waals surface area contributed by atoms with E-state index in [1.807, 2.05) is 0 Å². The zero-order chi connectivity index (χ0) is 18.6. The van der Waals surface area contributed by atoms with E-state index in [1.54, 1.807) is 0 Å². The van der Waals surface area contributed by atoms with Gasteiger partial charge in [-0.15, -0.1) is 0 Å². The van der Waals surface area contributed by atoms with E-state index in [4.69, 9.17) is 0 Å². The second-order valence-corrected chi connectivity index (χ2v) is 8.48. The van der Waals surface area contributed by atoms with Gasteiger partial charge >= 0.3 is 0 Å². The molecule has 0 saturated carbocycles. The minimum absolute atomic E-state index is 0. The zero-order valence-electron chi connectivity index (χ0n) is 19.0. The Kier molecular flexibility index (Phi) is 24.0. The van der Waals surface area contributed by atoms with E-state index >= 15 is 0 Å². The van der Waals surface area contributed by atoms with Crippen LogP contribution in [0.3, 0.4) is 0 Å². The molecule has 0 unspecified atom stereocenters. The molecule has 2 heteroatoms. The van der Waals surface area contributed by atoms with Crippen LogP contribution in [-0.4, -0.2) is 30.7 Å². The lowest BCUT2D eigenvalue weighted by molar-refractivity contribution is -0.929. The fraction of sp³-hybridized carbons (Fsp3) is 1.00. The molecule has 0 saturated heterocycles. The predicted octanol–water partition coefficient (Wildman–Crippen LogP) is 5.13. The smallest absolute Gasteiger partial charge is 0.0786 e. The predicted molar refractivity (Wildman–Crippen MR) is 116 cm³/mol. The third-order valence-electron chi connectivity index (χ3n) is 5.94. The highest BCUT2D eigenvalue weighted by Crippen LogP contribution is 2.18. The summed E-state index contributed by atoms with van der Waals surface area (Å²) in [4.78, 5) is 0. The molecule has 0 N–H and O–H groups in total. The summed E-state index contributed by atoms with van der Waals surface area (Å²) in [5.74, 6) is 0. The van der Waals surface area contributed by atoms with E-state index in [-0.39, 0.29) is 17.0 Å². The number of hydrogen-bond acceptors (Lipinski definition) is 0. The fourth-order valence-corrected chi connectivity index (χ4v) is 4.09. The maximum absolute atomic E-state index is 2.36. The molecule has 0 aromatic rings. The van der Waals surface area contributed by atoms with Gasteiger partial charge in [-0.25, -0.2) is 0 Å². The van der Waals surface area contributed by atoms with Crippen molar-refractivity contribution in [3.8, 4) is 0 Å². The Bertz CT molecular complexity index is 233. The van der Waals surface area contributed by atoms with Crippen molar-refractivity contribution in [1.82, 2.24) is 0 Å². The summed E-state index contributed by atoms with van der Waals surface area (Å²) in [6.45, 7) is 15.1. The Morgan fingerprint density at radius 1 is 0.346 bits per heavy atom. The van der Waals surface area contributed by atoms with Crippen LogP contribution in [0, 0.1) is 0 Å². The van der Waals surface area contributed by atoms with Crippen LogP contribution < -0.4 is 17.0 Å². The Morgan fingerprint density at radius 3 is 0.962 bits per heavy atom. The first kappa shape index (κ1) is 28.6. The molecule has 0 amide bonds. The number of halogens is 1. The molecule has 0 aliphatic carbocycles. The van der Waals surface area contributed by atoms with Gasteiger partial charge in [0.05, 0.1) is 26.2 Å². The summed E-state index contributed by atoms with van der Waals surface area (Å²) in [5.41, 5.74) is 0. The van der Waals surface area contributed by atoms with Crippen molar-refractivity contribution in [2.45, 2.75) is 130 Å². The Labute approximate surface area is 178 Å². The lowest BCUT2D eigenvalue weighted by Crippen LogP contribution is -3.00. The first-order valence-electron chi connectivity index (χ1n) is 12.1.